The van der Waals surface area contributed by atoms with Crippen LogP contribution in [0.2, 0.25) is 0 Å². The average molecular weight is 476 g/mol. The topological polar surface area (TPSA) is 39.7 Å². The lowest BCUT2D eigenvalue weighted by atomic mass is 9.88. The SMILES string of the molecule is CN=C(NCC1CCCN(C)C1c1cccs1)NC1CCCCC1.I. The van der Waals surface area contributed by atoms with Crippen LogP contribution in [0.4, 0.5) is 0 Å². The van der Waals surface area contributed by atoms with Crippen molar-refractivity contribution < 1.29 is 0 Å². The Labute approximate surface area is 173 Å². The third kappa shape index (κ3) is 5.82. The minimum absolute atomic E-state index is 0. The monoisotopic (exact) mass is 476 g/mol. The van der Waals surface area contributed by atoms with Crippen LogP contribution in [0.5, 0.6) is 0 Å². The molecule has 2 aliphatic rings. The third-order valence-electron chi connectivity index (χ3n) is 5.54. The predicted molar refractivity (Wildman–Crippen MR) is 119 cm³/mol. The maximum Gasteiger partial charge on any atom is 0.191 e. The van der Waals surface area contributed by atoms with Gasteiger partial charge in [0.05, 0.1) is 0 Å². The van der Waals surface area contributed by atoms with Crippen molar-refractivity contribution in [3.63, 3.8) is 0 Å². The zero-order chi connectivity index (χ0) is 16.8. The van der Waals surface area contributed by atoms with Gasteiger partial charge in [-0.05, 0) is 56.6 Å². The average Bonchev–Trinajstić information content (AvgIpc) is 3.13. The first-order valence-electron chi connectivity index (χ1n) is 9.48. The van der Waals surface area contributed by atoms with Crippen LogP contribution in [0.25, 0.3) is 0 Å². The van der Waals surface area contributed by atoms with E-state index < -0.39 is 0 Å². The van der Waals surface area contributed by atoms with E-state index in [1.165, 1.54) is 56.4 Å². The van der Waals surface area contributed by atoms with Crippen molar-refractivity contribution in [2.24, 2.45) is 10.9 Å². The summed E-state index contributed by atoms with van der Waals surface area (Å²) in [6, 6.07) is 5.61. The van der Waals surface area contributed by atoms with E-state index in [0.29, 0.717) is 18.0 Å². The van der Waals surface area contributed by atoms with Gasteiger partial charge in [0.25, 0.3) is 0 Å². The molecule has 1 aliphatic heterocycles. The van der Waals surface area contributed by atoms with E-state index in [9.17, 15) is 0 Å². The van der Waals surface area contributed by atoms with Gasteiger partial charge in [-0.3, -0.25) is 9.89 Å². The van der Waals surface area contributed by atoms with Crippen LogP contribution in [0.15, 0.2) is 22.5 Å². The lowest BCUT2D eigenvalue weighted by Gasteiger charge is -2.39. The number of hydrogen-bond acceptors (Lipinski definition) is 3. The molecule has 0 radical (unpaired) electrons. The van der Waals surface area contributed by atoms with Gasteiger partial charge in [-0.2, -0.15) is 0 Å². The first kappa shape index (κ1) is 21.0. The van der Waals surface area contributed by atoms with E-state index in [2.05, 4.69) is 45.1 Å². The Morgan fingerprint density at radius 1 is 1.24 bits per heavy atom. The summed E-state index contributed by atoms with van der Waals surface area (Å²) in [5, 5.41) is 9.45. The molecule has 2 atom stereocenters. The smallest absolute Gasteiger partial charge is 0.191 e. The summed E-state index contributed by atoms with van der Waals surface area (Å²) < 4.78 is 0. The summed E-state index contributed by atoms with van der Waals surface area (Å²) >= 11 is 1.89. The molecular formula is C19H33IN4S. The minimum atomic E-state index is 0. The Hall–Kier alpha value is -0.340. The first-order valence-corrected chi connectivity index (χ1v) is 10.4. The fraction of sp³-hybridized carbons (Fsp3) is 0.737. The lowest BCUT2D eigenvalue weighted by Crippen LogP contribution is -2.47. The van der Waals surface area contributed by atoms with Gasteiger partial charge < -0.3 is 10.6 Å². The number of guanidine groups is 1. The van der Waals surface area contributed by atoms with Gasteiger partial charge in [0, 0.05) is 30.6 Å². The number of thiophene rings is 1. The molecule has 0 spiro atoms. The Morgan fingerprint density at radius 3 is 2.72 bits per heavy atom. The molecule has 1 aromatic rings. The highest BCUT2D eigenvalue weighted by atomic mass is 127. The molecule has 1 saturated heterocycles. The van der Waals surface area contributed by atoms with Crippen LogP contribution >= 0.6 is 35.3 Å². The fourth-order valence-corrected chi connectivity index (χ4v) is 5.23. The molecule has 2 fully saturated rings. The molecule has 25 heavy (non-hydrogen) atoms. The number of nitrogens with zero attached hydrogens (tertiary/aromatic N) is 2. The second kappa shape index (κ2) is 10.7. The number of aliphatic imine (C=N–C) groups is 1. The summed E-state index contributed by atoms with van der Waals surface area (Å²) in [6.45, 7) is 2.20. The van der Waals surface area contributed by atoms with Crippen LogP contribution in [0.1, 0.15) is 55.9 Å². The van der Waals surface area contributed by atoms with Crippen molar-refractivity contribution in [3.05, 3.63) is 22.4 Å². The predicted octanol–water partition coefficient (Wildman–Crippen LogP) is 4.25. The molecule has 2 N–H and O–H groups in total. The molecule has 0 aromatic carbocycles. The van der Waals surface area contributed by atoms with Crippen LogP contribution in [-0.4, -0.2) is 44.1 Å². The van der Waals surface area contributed by atoms with Crippen LogP contribution < -0.4 is 10.6 Å². The third-order valence-corrected chi connectivity index (χ3v) is 6.49. The van der Waals surface area contributed by atoms with Crippen molar-refractivity contribution in [1.82, 2.24) is 15.5 Å². The van der Waals surface area contributed by atoms with Crippen molar-refractivity contribution in [3.8, 4) is 0 Å². The summed E-state index contributed by atoms with van der Waals surface area (Å²) in [4.78, 5) is 8.48. The highest BCUT2D eigenvalue weighted by Gasteiger charge is 2.31. The van der Waals surface area contributed by atoms with Gasteiger partial charge in [0.15, 0.2) is 5.96 Å². The Bertz CT molecular complexity index is 514. The zero-order valence-corrected chi connectivity index (χ0v) is 18.7. The molecule has 2 unspecified atom stereocenters. The molecule has 1 saturated carbocycles. The van der Waals surface area contributed by atoms with E-state index in [1.807, 2.05) is 18.4 Å². The van der Waals surface area contributed by atoms with Gasteiger partial charge in [-0.1, -0.05) is 25.3 Å². The number of halogens is 1. The quantitative estimate of drug-likeness (QED) is 0.388. The van der Waals surface area contributed by atoms with Gasteiger partial charge in [0.1, 0.15) is 0 Å². The van der Waals surface area contributed by atoms with Crippen LogP contribution in [0.3, 0.4) is 0 Å². The second-order valence-electron chi connectivity index (χ2n) is 7.28. The van der Waals surface area contributed by atoms with Crippen molar-refractivity contribution >= 4 is 41.3 Å². The summed E-state index contributed by atoms with van der Waals surface area (Å²) in [5.74, 6) is 1.63. The lowest BCUT2D eigenvalue weighted by molar-refractivity contribution is 0.125. The largest absolute Gasteiger partial charge is 0.356 e. The molecule has 1 aromatic heterocycles. The molecule has 4 nitrogen and oxygen atoms in total. The molecule has 0 amide bonds. The molecular weight excluding hydrogens is 443 g/mol. The Kier molecular flexibility index (Phi) is 8.99. The molecule has 6 heteroatoms. The highest BCUT2D eigenvalue weighted by Crippen LogP contribution is 2.36. The number of likely N-dealkylation sites (tertiary alicyclic amines) is 1. The number of rotatable bonds is 4. The first-order chi connectivity index (χ1) is 11.8. The molecule has 2 heterocycles. The van der Waals surface area contributed by atoms with E-state index in [4.69, 9.17) is 0 Å². The standard InChI is InChI=1S/C19H32N4S.HI/c1-20-19(22-16-9-4-3-5-10-16)21-14-15-8-6-12-23(2)18(15)17-11-7-13-24-17;/h7,11,13,15-16,18H,3-6,8-10,12,14H2,1-2H3,(H2,20,21,22);1H. The number of nitrogens with one attached hydrogen (secondary N) is 2. The fourth-order valence-electron chi connectivity index (χ4n) is 4.25. The van der Waals surface area contributed by atoms with E-state index in [1.54, 1.807) is 0 Å². The second-order valence-corrected chi connectivity index (χ2v) is 8.25. The summed E-state index contributed by atoms with van der Waals surface area (Å²) in [5.41, 5.74) is 0. The van der Waals surface area contributed by atoms with Crippen LogP contribution in [0, 0.1) is 5.92 Å². The van der Waals surface area contributed by atoms with E-state index >= 15 is 0 Å². The number of hydrogen-bond donors (Lipinski definition) is 2. The maximum absolute atomic E-state index is 4.46. The van der Waals surface area contributed by atoms with Crippen LogP contribution in [-0.2, 0) is 0 Å². The van der Waals surface area contributed by atoms with E-state index in [-0.39, 0.29) is 24.0 Å². The number of piperidine rings is 1. The van der Waals surface area contributed by atoms with Crippen molar-refractivity contribution in [2.75, 3.05) is 27.2 Å². The normalized spacial score (nSPS) is 26.1. The van der Waals surface area contributed by atoms with E-state index in [0.717, 1.165) is 12.5 Å². The highest BCUT2D eigenvalue weighted by molar-refractivity contribution is 14.0. The van der Waals surface area contributed by atoms with Crippen molar-refractivity contribution in [1.29, 1.82) is 0 Å². The molecule has 1 aliphatic carbocycles. The molecule has 3 rings (SSSR count). The Balaban J connectivity index is 0.00000225. The van der Waals surface area contributed by atoms with Gasteiger partial charge >= 0.3 is 0 Å². The molecule has 0 bridgehead atoms. The Morgan fingerprint density at radius 2 is 2.04 bits per heavy atom. The maximum atomic E-state index is 4.46. The zero-order valence-electron chi connectivity index (χ0n) is 15.5. The van der Waals surface area contributed by atoms with Gasteiger partial charge in [0.2, 0.25) is 0 Å². The minimum Gasteiger partial charge on any atom is -0.356 e. The van der Waals surface area contributed by atoms with Gasteiger partial charge in [-0.25, -0.2) is 0 Å². The summed E-state index contributed by atoms with van der Waals surface area (Å²) in [7, 11) is 4.16. The van der Waals surface area contributed by atoms with Crippen molar-refractivity contribution in [2.45, 2.75) is 57.0 Å². The summed E-state index contributed by atoms with van der Waals surface area (Å²) in [6.07, 6.45) is 9.24. The molecule has 142 valence electrons. The van der Waals surface area contributed by atoms with Gasteiger partial charge in [-0.15, -0.1) is 35.3 Å².